The van der Waals surface area contributed by atoms with Crippen molar-refractivity contribution < 1.29 is 4.79 Å². The molecule has 1 aliphatic rings. The van der Waals surface area contributed by atoms with E-state index < -0.39 is 0 Å². The zero-order valence-corrected chi connectivity index (χ0v) is 11.3. The van der Waals surface area contributed by atoms with E-state index in [1.165, 1.54) is 0 Å². The van der Waals surface area contributed by atoms with E-state index in [0.717, 1.165) is 36.8 Å². The number of nitrogens with one attached hydrogen (secondary N) is 3. The van der Waals surface area contributed by atoms with Crippen molar-refractivity contribution in [1.82, 2.24) is 20.8 Å². The average molecular weight is 281 g/mol. The maximum atomic E-state index is 12.2. The summed E-state index contributed by atoms with van der Waals surface area (Å²) in [6.07, 6.45) is 3.85. The Kier molecular flexibility index (Phi) is 4.39. The highest BCUT2D eigenvalue weighted by Crippen LogP contribution is 2.16. The Bertz CT molecular complexity index is 563. The van der Waals surface area contributed by atoms with Crippen LogP contribution < -0.4 is 10.6 Å². The maximum absolute atomic E-state index is 12.2. The molecule has 2 heterocycles. The highest BCUT2D eigenvalue weighted by Gasteiger charge is 2.17. The van der Waals surface area contributed by atoms with Crippen LogP contribution in [0.25, 0.3) is 10.9 Å². The van der Waals surface area contributed by atoms with Crippen LogP contribution in [0.1, 0.15) is 23.2 Å². The van der Waals surface area contributed by atoms with Gasteiger partial charge >= 0.3 is 0 Å². The fourth-order valence-electron chi connectivity index (χ4n) is 2.40. The molecular formula is C13H17ClN4O. The third kappa shape index (κ3) is 2.88. The van der Waals surface area contributed by atoms with Gasteiger partial charge in [0.15, 0.2) is 0 Å². The summed E-state index contributed by atoms with van der Waals surface area (Å²) >= 11 is 0. The van der Waals surface area contributed by atoms with Crippen molar-refractivity contribution >= 4 is 29.2 Å². The molecule has 1 amide bonds. The Labute approximate surface area is 117 Å². The molecule has 1 aliphatic heterocycles. The van der Waals surface area contributed by atoms with Crippen LogP contribution in [0.15, 0.2) is 24.4 Å². The van der Waals surface area contributed by atoms with Crippen LogP contribution in [-0.2, 0) is 0 Å². The van der Waals surface area contributed by atoms with E-state index in [-0.39, 0.29) is 24.4 Å². The van der Waals surface area contributed by atoms with Crippen LogP contribution in [0.2, 0.25) is 0 Å². The number of hydrogen-bond acceptors (Lipinski definition) is 3. The summed E-state index contributed by atoms with van der Waals surface area (Å²) in [5.74, 6) is -0.0179. The van der Waals surface area contributed by atoms with E-state index in [2.05, 4.69) is 20.8 Å². The number of carbonyl (C=O) groups excluding carboxylic acids is 1. The van der Waals surface area contributed by atoms with Gasteiger partial charge < -0.3 is 10.6 Å². The van der Waals surface area contributed by atoms with Crippen molar-refractivity contribution in [3.05, 3.63) is 30.0 Å². The second-order valence-electron chi connectivity index (χ2n) is 4.65. The van der Waals surface area contributed by atoms with E-state index in [4.69, 9.17) is 0 Å². The average Bonchev–Trinajstić information content (AvgIpc) is 2.87. The number of benzene rings is 1. The van der Waals surface area contributed by atoms with Gasteiger partial charge in [-0.15, -0.1) is 12.4 Å². The molecule has 0 saturated carbocycles. The molecular weight excluding hydrogens is 264 g/mol. The smallest absolute Gasteiger partial charge is 0.252 e. The van der Waals surface area contributed by atoms with Gasteiger partial charge in [-0.25, -0.2) is 0 Å². The number of amides is 1. The molecule has 6 heteroatoms. The highest BCUT2D eigenvalue weighted by atomic mass is 35.5. The first-order valence-electron chi connectivity index (χ1n) is 6.28. The molecule has 3 rings (SSSR count). The van der Waals surface area contributed by atoms with Crippen LogP contribution >= 0.6 is 12.4 Å². The summed E-state index contributed by atoms with van der Waals surface area (Å²) in [5.41, 5.74) is 1.58. The largest absolute Gasteiger partial charge is 0.348 e. The molecule has 5 nitrogen and oxygen atoms in total. The van der Waals surface area contributed by atoms with Crippen molar-refractivity contribution in [2.24, 2.45) is 0 Å². The summed E-state index contributed by atoms with van der Waals surface area (Å²) < 4.78 is 0. The van der Waals surface area contributed by atoms with Crippen molar-refractivity contribution in [1.29, 1.82) is 0 Å². The van der Waals surface area contributed by atoms with Crippen LogP contribution in [0.4, 0.5) is 0 Å². The molecule has 1 atom stereocenters. The molecule has 2 aromatic rings. The molecule has 19 heavy (non-hydrogen) atoms. The predicted octanol–water partition coefficient (Wildman–Crippen LogP) is 1.47. The molecule has 1 aromatic carbocycles. The van der Waals surface area contributed by atoms with Gasteiger partial charge in [-0.1, -0.05) is 6.07 Å². The molecule has 1 saturated heterocycles. The number of rotatable bonds is 2. The number of carbonyl (C=O) groups is 1. The molecule has 3 N–H and O–H groups in total. The summed E-state index contributed by atoms with van der Waals surface area (Å²) in [6, 6.07) is 5.85. The minimum absolute atomic E-state index is 0. The fraction of sp³-hybridized carbons (Fsp3) is 0.385. The van der Waals surface area contributed by atoms with Crippen LogP contribution in [0.3, 0.4) is 0 Å². The number of aromatic nitrogens is 2. The van der Waals surface area contributed by atoms with Gasteiger partial charge in [0, 0.05) is 18.0 Å². The van der Waals surface area contributed by atoms with Gasteiger partial charge in [0.1, 0.15) is 0 Å². The highest BCUT2D eigenvalue weighted by molar-refractivity contribution is 6.06. The fourth-order valence-corrected chi connectivity index (χ4v) is 2.40. The quantitative estimate of drug-likeness (QED) is 0.780. The molecule has 0 bridgehead atoms. The number of piperidine rings is 1. The lowest BCUT2D eigenvalue weighted by Crippen LogP contribution is -2.45. The Morgan fingerprint density at radius 1 is 1.42 bits per heavy atom. The van der Waals surface area contributed by atoms with Crippen LogP contribution in [-0.4, -0.2) is 35.2 Å². The van der Waals surface area contributed by atoms with Gasteiger partial charge in [-0.3, -0.25) is 9.89 Å². The van der Waals surface area contributed by atoms with Crippen molar-refractivity contribution in [3.8, 4) is 0 Å². The minimum Gasteiger partial charge on any atom is -0.348 e. The second-order valence-corrected chi connectivity index (χ2v) is 4.65. The number of fused-ring (bicyclic) bond motifs is 1. The summed E-state index contributed by atoms with van der Waals surface area (Å²) in [5, 5.41) is 14.1. The monoisotopic (exact) mass is 280 g/mol. The van der Waals surface area contributed by atoms with Gasteiger partial charge in [-0.2, -0.15) is 5.10 Å². The lowest BCUT2D eigenvalue weighted by molar-refractivity contribution is 0.0932. The van der Waals surface area contributed by atoms with E-state index in [1.807, 2.05) is 18.2 Å². The first-order valence-corrected chi connectivity index (χ1v) is 6.28. The van der Waals surface area contributed by atoms with E-state index in [9.17, 15) is 4.79 Å². The molecule has 102 valence electrons. The molecule has 1 fully saturated rings. The molecule has 0 spiro atoms. The van der Waals surface area contributed by atoms with Crippen molar-refractivity contribution in [2.75, 3.05) is 13.1 Å². The lowest BCUT2D eigenvalue weighted by Gasteiger charge is -2.23. The van der Waals surface area contributed by atoms with E-state index >= 15 is 0 Å². The van der Waals surface area contributed by atoms with Gasteiger partial charge in [-0.05, 0) is 31.5 Å². The molecule has 0 radical (unpaired) electrons. The molecule has 0 unspecified atom stereocenters. The zero-order chi connectivity index (χ0) is 12.4. The number of H-pyrrole nitrogens is 1. The Morgan fingerprint density at radius 3 is 3.11 bits per heavy atom. The number of halogens is 1. The molecule has 1 aromatic heterocycles. The first kappa shape index (κ1) is 13.8. The van der Waals surface area contributed by atoms with Gasteiger partial charge in [0.05, 0.1) is 17.3 Å². The SMILES string of the molecule is Cl.O=C(N[C@H]1CCCNC1)c1cccc2[nH]ncc12. The van der Waals surface area contributed by atoms with Crippen LogP contribution in [0, 0.1) is 0 Å². The summed E-state index contributed by atoms with van der Waals surface area (Å²) in [4.78, 5) is 12.2. The summed E-state index contributed by atoms with van der Waals surface area (Å²) in [6.45, 7) is 1.90. The molecule has 0 aliphatic carbocycles. The maximum Gasteiger partial charge on any atom is 0.252 e. The number of hydrogen-bond donors (Lipinski definition) is 3. The number of nitrogens with zero attached hydrogens (tertiary/aromatic N) is 1. The lowest BCUT2D eigenvalue weighted by atomic mass is 10.1. The standard InChI is InChI=1S/C13H16N4O.ClH/c18-13(16-9-3-2-6-14-7-9)10-4-1-5-12-11(10)8-15-17-12;/h1,4-5,8-9,14H,2-3,6-7H2,(H,15,17)(H,16,18);1H/t9-;/m0./s1. The first-order chi connectivity index (χ1) is 8.84. The van der Waals surface area contributed by atoms with E-state index in [0.29, 0.717) is 5.56 Å². The Hall–Kier alpha value is -1.59. The summed E-state index contributed by atoms with van der Waals surface area (Å²) in [7, 11) is 0. The Morgan fingerprint density at radius 2 is 2.32 bits per heavy atom. The topological polar surface area (TPSA) is 69.8 Å². The Balaban J connectivity index is 0.00000133. The van der Waals surface area contributed by atoms with Crippen molar-refractivity contribution in [2.45, 2.75) is 18.9 Å². The zero-order valence-electron chi connectivity index (χ0n) is 10.5. The van der Waals surface area contributed by atoms with Crippen molar-refractivity contribution in [3.63, 3.8) is 0 Å². The predicted molar refractivity (Wildman–Crippen MR) is 76.7 cm³/mol. The number of aromatic amines is 1. The van der Waals surface area contributed by atoms with Crippen LogP contribution in [0.5, 0.6) is 0 Å². The second kappa shape index (κ2) is 6.04. The minimum atomic E-state index is -0.0179. The third-order valence-corrected chi connectivity index (χ3v) is 3.36. The van der Waals surface area contributed by atoms with Gasteiger partial charge in [0.25, 0.3) is 5.91 Å². The third-order valence-electron chi connectivity index (χ3n) is 3.36. The van der Waals surface area contributed by atoms with Gasteiger partial charge in [0.2, 0.25) is 0 Å². The normalized spacial score (nSPS) is 18.8. The van der Waals surface area contributed by atoms with E-state index in [1.54, 1.807) is 6.20 Å².